The summed E-state index contributed by atoms with van der Waals surface area (Å²) in [6.45, 7) is 6.13. The molecule has 3 heterocycles. The van der Waals surface area contributed by atoms with Crippen molar-refractivity contribution >= 4 is 23.2 Å². The highest BCUT2D eigenvalue weighted by Crippen LogP contribution is 2.27. The summed E-state index contributed by atoms with van der Waals surface area (Å²) in [5.74, 6) is -0.163. The number of nitrogens with zero attached hydrogens (tertiary/aromatic N) is 1. The maximum atomic E-state index is 12.3. The van der Waals surface area contributed by atoms with Crippen LogP contribution in [0.25, 0.3) is 0 Å². The fourth-order valence-electron chi connectivity index (χ4n) is 3.15. The second-order valence-corrected chi connectivity index (χ2v) is 7.28. The Morgan fingerprint density at radius 1 is 1.17 bits per heavy atom. The minimum atomic E-state index is -0.208. The summed E-state index contributed by atoms with van der Waals surface area (Å²) in [4.78, 5) is 28.8. The standard InChI is InChI=1S/C15H21N3O4S/c1-7-12(23-9(3)16-7)4-13(20)18-11-6-22-14-10(17-8(2)19)5-21-15(11)14/h10-11,14-15H,4-6H2,1-3H3,(H,17,19)(H,18,20)/t10-,11-,14+,15+/m0/s1. The molecule has 0 bridgehead atoms. The van der Waals surface area contributed by atoms with Crippen molar-refractivity contribution in [3.8, 4) is 0 Å². The largest absolute Gasteiger partial charge is 0.371 e. The molecule has 3 rings (SSSR count). The lowest BCUT2D eigenvalue weighted by Gasteiger charge is -2.18. The molecular weight excluding hydrogens is 318 g/mol. The second-order valence-electron chi connectivity index (χ2n) is 6.00. The van der Waals surface area contributed by atoms with Gasteiger partial charge in [0.15, 0.2) is 0 Å². The highest BCUT2D eigenvalue weighted by Gasteiger charge is 2.48. The first-order valence-electron chi connectivity index (χ1n) is 7.66. The molecule has 23 heavy (non-hydrogen) atoms. The minimum Gasteiger partial charge on any atom is -0.371 e. The van der Waals surface area contributed by atoms with E-state index in [-0.39, 0.29) is 36.1 Å². The van der Waals surface area contributed by atoms with E-state index < -0.39 is 0 Å². The van der Waals surface area contributed by atoms with Gasteiger partial charge in [0.2, 0.25) is 11.8 Å². The zero-order chi connectivity index (χ0) is 16.6. The van der Waals surface area contributed by atoms with Gasteiger partial charge in [-0.05, 0) is 13.8 Å². The number of amides is 2. The van der Waals surface area contributed by atoms with Crippen LogP contribution in [0.5, 0.6) is 0 Å². The molecule has 2 saturated heterocycles. The van der Waals surface area contributed by atoms with Crippen LogP contribution >= 0.6 is 11.3 Å². The first-order valence-corrected chi connectivity index (χ1v) is 8.48. The third-order valence-corrected chi connectivity index (χ3v) is 5.18. The van der Waals surface area contributed by atoms with E-state index >= 15 is 0 Å². The van der Waals surface area contributed by atoms with Gasteiger partial charge in [0.1, 0.15) is 12.2 Å². The number of thiazole rings is 1. The lowest BCUT2D eigenvalue weighted by molar-refractivity contribution is -0.121. The molecule has 0 spiro atoms. The maximum Gasteiger partial charge on any atom is 0.225 e. The average Bonchev–Trinajstić information content (AvgIpc) is 3.09. The third-order valence-electron chi connectivity index (χ3n) is 4.11. The van der Waals surface area contributed by atoms with Crippen LogP contribution < -0.4 is 10.6 Å². The Hall–Kier alpha value is -1.51. The molecule has 0 aliphatic carbocycles. The van der Waals surface area contributed by atoms with Gasteiger partial charge in [-0.2, -0.15) is 0 Å². The van der Waals surface area contributed by atoms with Gasteiger partial charge in [0.05, 0.1) is 42.4 Å². The Bertz CT molecular complexity index is 618. The van der Waals surface area contributed by atoms with Crippen molar-refractivity contribution in [2.45, 2.75) is 51.5 Å². The zero-order valence-electron chi connectivity index (χ0n) is 13.4. The molecule has 2 fully saturated rings. The van der Waals surface area contributed by atoms with E-state index in [9.17, 15) is 9.59 Å². The third kappa shape index (κ3) is 3.54. The van der Waals surface area contributed by atoms with Crippen molar-refractivity contribution < 1.29 is 19.1 Å². The Kier molecular flexibility index (Phi) is 4.65. The van der Waals surface area contributed by atoms with E-state index in [2.05, 4.69) is 15.6 Å². The molecule has 1 aromatic rings. The first-order chi connectivity index (χ1) is 10.9. The van der Waals surface area contributed by atoms with E-state index in [0.717, 1.165) is 15.6 Å². The van der Waals surface area contributed by atoms with Gasteiger partial charge >= 0.3 is 0 Å². The number of aromatic nitrogens is 1. The molecule has 0 aromatic carbocycles. The lowest BCUT2D eigenvalue weighted by atomic mass is 10.1. The van der Waals surface area contributed by atoms with Gasteiger partial charge in [-0.15, -0.1) is 11.3 Å². The predicted octanol–water partition coefficient (Wildman–Crippen LogP) is 0.0895. The van der Waals surface area contributed by atoms with Crippen LogP contribution in [0.15, 0.2) is 0 Å². The van der Waals surface area contributed by atoms with E-state index in [1.165, 1.54) is 6.92 Å². The summed E-state index contributed by atoms with van der Waals surface area (Å²) in [6.07, 6.45) is -0.0861. The normalized spacial score (nSPS) is 29.3. The Balaban J connectivity index is 1.56. The van der Waals surface area contributed by atoms with Crippen LogP contribution in [0.2, 0.25) is 0 Å². The van der Waals surface area contributed by atoms with Crippen molar-refractivity contribution in [3.05, 3.63) is 15.6 Å². The Morgan fingerprint density at radius 3 is 2.30 bits per heavy atom. The summed E-state index contributed by atoms with van der Waals surface area (Å²) in [7, 11) is 0. The molecule has 1 aromatic heterocycles. The molecule has 126 valence electrons. The smallest absolute Gasteiger partial charge is 0.225 e. The molecule has 2 aliphatic heterocycles. The van der Waals surface area contributed by atoms with Crippen molar-refractivity contribution in [2.24, 2.45) is 0 Å². The monoisotopic (exact) mass is 339 g/mol. The first kappa shape index (κ1) is 16.4. The van der Waals surface area contributed by atoms with Crippen molar-refractivity contribution in [3.63, 3.8) is 0 Å². The van der Waals surface area contributed by atoms with Crippen LogP contribution in [0.4, 0.5) is 0 Å². The molecule has 0 saturated carbocycles. The number of fused-ring (bicyclic) bond motifs is 1. The molecule has 2 aliphatic rings. The van der Waals surface area contributed by atoms with Gasteiger partial charge < -0.3 is 20.1 Å². The predicted molar refractivity (Wildman–Crippen MR) is 84.3 cm³/mol. The van der Waals surface area contributed by atoms with Crippen molar-refractivity contribution in [2.75, 3.05) is 13.2 Å². The zero-order valence-corrected chi connectivity index (χ0v) is 14.2. The number of ether oxygens (including phenoxy) is 2. The van der Waals surface area contributed by atoms with Gasteiger partial charge in [0.25, 0.3) is 0 Å². The average molecular weight is 339 g/mol. The van der Waals surface area contributed by atoms with Crippen molar-refractivity contribution in [1.82, 2.24) is 15.6 Å². The summed E-state index contributed by atoms with van der Waals surface area (Å²) in [5, 5.41) is 6.78. The Morgan fingerprint density at radius 2 is 1.78 bits per heavy atom. The van der Waals surface area contributed by atoms with Crippen molar-refractivity contribution in [1.29, 1.82) is 0 Å². The summed E-state index contributed by atoms with van der Waals surface area (Å²) in [6, 6.07) is -0.327. The number of rotatable bonds is 4. The molecular formula is C15H21N3O4S. The van der Waals surface area contributed by atoms with Crippen LogP contribution in [0.1, 0.15) is 22.5 Å². The number of hydrogen-bond acceptors (Lipinski definition) is 6. The minimum absolute atomic E-state index is 0.0578. The molecule has 8 heteroatoms. The fourth-order valence-corrected chi connectivity index (χ4v) is 4.08. The lowest BCUT2D eigenvalue weighted by Crippen LogP contribution is -2.46. The van der Waals surface area contributed by atoms with Gasteiger partial charge in [-0.1, -0.05) is 0 Å². The van der Waals surface area contributed by atoms with Crippen LogP contribution in [-0.4, -0.2) is 54.3 Å². The highest BCUT2D eigenvalue weighted by molar-refractivity contribution is 7.11. The van der Waals surface area contributed by atoms with E-state index in [4.69, 9.17) is 9.47 Å². The van der Waals surface area contributed by atoms with Crippen LogP contribution in [-0.2, 0) is 25.5 Å². The number of carbonyl (C=O) groups is 2. The number of aryl methyl sites for hydroxylation is 2. The van der Waals surface area contributed by atoms with Crippen LogP contribution in [0.3, 0.4) is 0 Å². The molecule has 0 unspecified atom stereocenters. The molecule has 2 N–H and O–H groups in total. The fraction of sp³-hybridized carbons (Fsp3) is 0.667. The van der Waals surface area contributed by atoms with Gasteiger partial charge in [-0.25, -0.2) is 4.98 Å². The topological polar surface area (TPSA) is 89.5 Å². The SMILES string of the molecule is CC(=O)N[C@H]1CO[C@H]2[C@@H]1OC[C@@H]2NC(=O)Cc1sc(C)nc1C. The molecule has 7 nitrogen and oxygen atoms in total. The van der Waals surface area contributed by atoms with E-state index in [0.29, 0.717) is 19.6 Å². The van der Waals surface area contributed by atoms with Gasteiger partial charge in [0, 0.05) is 11.8 Å². The van der Waals surface area contributed by atoms with E-state index in [1.807, 2.05) is 13.8 Å². The van der Waals surface area contributed by atoms with E-state index in [1.54, 1.807) is 11.3 Å². The second kappa shape index (κ2) is 6.54. The Labute approximate surface area is 138 Å². The number of hydrogen-bond donors (Lipinski definition) is 2. The molecule has 2 amide bonds. The molecule has 0 radical (unpaired) electrons. The van der Waals surface area contributed by atoms with Crippen LogP contribution in [0, 0.1) is 13.8 Å². The summed E-state index contributed by atoms with van der Waals surface area (Å²) >= 11 is 1.55. The molecule has 4 atom stereocenters. The number of nitrogens with one attached hydrogen (secondary N) is 2. The maximum absolute atomic E-state index is 12.3. The number of carbonyl (C=O) groups excluding carboxylic acids is 2. The summed E-state index contributed by atoms with van der Waals surface area (Å²) < 4.78 is 11.4. The quantitative estimate of drug-likeness (QED) is 0.811. The van der Waals surface area contributed by atoms with Gasteiger partial charge in [-0.3, -0.25) is 9.59 Å². The summed E-state index contributed by atoms with van der Waals surface area (Å²) in [5.41, 5.74) is 0.908. The highest BCUT2D eigenvalue weighted by atomic mass is 32.1.